The fourth-order valence-corrected chi connectivity index (χ4v) is 10.4. The molecule has 0 amide bonds. The first kappa shape index (κ1) is 35.3. The van der Waals surface area contributed by atoms with Crippen LogP contribution in [0.15, 0.2) is 200 Å². The lowest BCUT2D eigenvalue weighted by Gasteiger charge is -2.34. The Labute approximate surface area is 356 Å². The van der Waals surface area contributed by atoms with Crippen molar-refractivity contribution in [1.29, 1.82) is 0 Å². The van der Waals surface area contributed by atoms with Crippen molar-refractivity contribution in [3.63, 3.8) is 0 Å². The standard InChI is InChI=1S/C59H42N2/c1-37-38(2)59(52-36-41-20-5-8-25-44(41)57(52)56(37)51-32-17-31-50-47-26-9-12-33-53(47)60-58(50)51)61(54-34-13-10-27-48(54)45-29-15-21-39-18-3-6-23-42(39)45)55-35-14-11-28-49(55)46-30-16-22-40-19-4-7-24-43(40)46/h3-35,60H,36H2,1-2H3. The highest BCUT2D eigenvalue weighted by atomic mass is 15.2. The molecule has 0 saturated heterocycles. The molecule has 10 aromatic carbocycles. The van der Waals surface area contributed by atoms with Gasteiger partial charge < -0.3 is 9.88 Å². The molecule has 0 saturated carbocycles. The molecule has 1 aromatic heterocycles. The Morgan fingerprint density at radius 1 is 0.377 bits per heavy atom. The number of hydrogen-bond acceptors (Lipinski definition) is 1. The molecule has 1 aliphatic rings. The Morgan fingerprint density at radius 2 is 0.852 bits per heavy atom. The van der Waals surface area contributed by atoms with E-state index < -0.39 is 0 Å². The minimum Gasteiger partial charge on any atom is -0.354 e. The van der Waals surface area contributed by atoms with Gasteiger partial charge >= 0.3 is 0 Å². The first-order chi connectivity index (χ1) is 30.1. The van der Waals surface area contributed by atoms with Gasteiger partial charge in [0.05, 0.1) is 22.6 Å². The van der Waals surface area contributed by atoms with E-state index in [9.17, 15) is 0 Å². The van der Waals surface area contributed by atoms with Crippen molar-refractivity contribution in [3.8, 4) is 44.5 Å². The molecule has 1 heterocycles. The highest BCUT2D eigenvalue weighted by Gasteiger charge is 2.34. The molecule has 0 atom stereocenters. The zero-order valence-electron chi connectivity index (χ0n) is 34.2. The number of nitrogens with one attached hydrogen (secondary N) is 1. The van der Waals surface area contributed by atoms with Crippen molar-refractivity contribution in [1.82, 2.24) is 4.98 Å². The van der Waals surface area contributed by atoms with E-state index in [1.54, 1.807) is 0 Å². The summed E-state index contributed by atoms with van der Waals surface area (Å²) in [5.41, 5.74) is 21.2. The maximum atomic E-state index is 3.87. The molecule has 2 nitrogen and oxygen atoms in total. The fraction of sp³-hybridized carbons (Fsp3) is 0.0508. The van der Waals surface area contributed by atoms with Crippen molar-refractivity contribution in [2.24, 2.45) is 0 Å². The van der Waals surface area contributed by atoms with Crippen LogP contribution >= 0.6 is 0 Å². The molecule has 288 valence electrons. The van der Waals surface area contributed by atoms with Crippen LogP contribution in [0, 0.1) is 13.8 Å². The third-order valence-electron chi connectivity index (χ3n) is 13.3. The van der Waals surface area contributed by atoms with E-state index >= 15 is 0 Å². The molecule has 11 aromatic rings. The van der Waals surface area contributed by atoms with Crippen LogP contribution in [0.3, 0.4) is 0 Å². The van der Waals surface area contributed by atoms with Crippen molar-refractivity contribution in [2.75, 3.05) is 4.90 Å². The zero-order chi connectivity index (χ0) is 40.6. The van der Waals surface area contributed by atoms with E-state index in [0.29, 0.717) is 0 Å². The molecule has 0 radical (unpaired) electrons. The van der Waals surface area contributed by atoms with Gasteiger partial charge in [-0.25, -0.2) is 0 Å². The van der Waals surface area contributed by atoms with Gasteiger partial charge in [-0.3, -0.25) is 0 Å². The number of para-hydroxylation sites is 4. The van der Waals surface area contributed by atoms with Crippen LogP contribution < -0.4 is 4.90 Å². The molecule has 0 spiro atoms. The highest BCUT2D eigenvalue weighted by Crippen LogP contribution is 2.56. The number of rotatable bonds is 6. The number of benzene rings is 10. The summed E-state index contributed by atoms with van der Waals surface area (Å²) in [5, 5.41) is 7.46. The van der Waals surface area contributed by atoms with E-state index in [1.807, 2.05) is 0 Å². The fourth-order valence-electron chi connectivity index (χ4n) is 10.4. The number of aromatic amines is 1. The van der Waals surface area contributed by atoms with Gasteiger partial charge in [-0.05, 0) is 104 Å². The highest BCUT2D eigenvalue weighted by molar-refractivity contribution is 6.15. The van der Waals surface area contributed by atoms with Crippen molar-refractivity contribution < 1.29 is 0 Å². The average molecular weight is 779 g/mol. The second-order valence-corrected chi connectivity index (χ2v) is 16.5. The minimum atomic E-state index is 0.834. The van der Waals surface area contributed by atoms with E-state index in [2.05, 4.69) is 224 Å². The number of fused-ring (bicyclic) bond motifs is 8. The lowest BCUT2D eigenvalue weighted by atomic mass is 9.84. The molecule has 12 rings (SSSR count). The lowest BCUT2D eigenvalue weighted by molar-refractivity contribution is 1.16. The van der Waals surface area contributed by atoms with Crippen LogP contribution in [0.5, 0.6) is 0 Å². The summed E-state index contributed by atoms with van der Waals surface area (Å²) in [5.74, 6) is 0. The van der Waals surface area contributed by atoms with Crippen molar-refractivity contribution in [2.45, 2.75) is 20.3 Å². The van der Waals surface area contributed by atoms with Gasteiger partial charge in [0.2, 0.25) is 0 Å². The number of nitrogens with zero attached hydrogens (tertiary/aromatic N) is 1. The number of anilines is 3. The van der Waals surface area contributed by atoms with E-state index in [1.165, 1.54) is 110 Å². The lowest BCUT2D eigenvalue weighted by Crippen LogP contribution is -2.17. The summed E-state index contributed by atoms with van der Waals surface area (Å²) in [7, 11) is 0. The zero-order valence-corrected chi connectivity index (χ0v) is 34.2. The van der Waals surface area contributed by atoms with Gasteiger partial charge in [0.25, 0.3) is 0 Å². The van der Waals surface area contributed by atoms with E-state index in [-0.39, 0.29) is 0 Å². The van der Waals surface area contributed by atoms with Crippen LogP contribution in [0.1, 0.15) is 22.3 Å². The molecule has 2 heteroatoms. The first-order valence-electron chi connectivity index (χ1n) is 21.3. The molecule has 1 N–H and O–H groups in total. The summed E-state index contributed by atoms with van der Waals surface area (Å²) in [6, 6.07) is 73.7. The Balaban J connectivity index is 1.21. The molecular formula is C59H42N2. The summed E-state index contributed by atoms with van der Waals surface area (Å²) in [6.07, 6.45) is 0.834. The van der Waals surface area contributed by atoms with Gasteiger partial charge in [0.15, 0.2) is 0 Å². The second kappa shape index (κ2) is 14.0. The Morgan fingerprint density at radius 3 is 1.52 bits per heavy atom. The third kappa shape index (κ3) is 5.42. The van der Waals surface area contributed by atoms with Crippen LogP contribution in [0.4, 0.5) is 17.1 Å². The van der Waals surface area contributed by atoms with Crippen molar-refractivity contribution in [3.05, 3.63) is 222 Å². The molecular weight excluding hydrogens is 737 g/mol. The van der Waals surface area contributed by atoms with Gasteiger partial charge in [-0.1, -0.05) is 182 Å². The van der Waals surface area contributed by atoms with E-state index in [4.69, 9.17) is 0 Å². The molecule has 0 bridgehead atoms. The minimum absolute atomic E-state index is 0.834. The number of hydrogen-bond donors (Lipinski definition) is 1. The summed E-state index contributed by atoms with van der Waals surface area (Å²) < 4.78 is 0. The summed E-state index contributed by atoms with van der Waals surface area (Å²) in [6.45, 7) is 4.71. The SMILES string of the molecule is Cc1c(C)c(N(c2ccccc2-c2cccc3ccccc23)c2ccccc2-c2cccc3ccccc23)c2c(c1-c1cccc3c1[nH]c1ccccc13)-c1ccccc1C2. The van der Waals surface area contributed by atoms with Crippen LogP contribution in [0.25, 0.3) is 87.9 Å². The molecule has 1 aliphatic carbocycles. The smallest absolute Gasteiger partial charge is 0.0544 e. The van der Waals surface area contributed by atoms with Gasteiger partial charge in [0.1, 0.15) is 0 Å². The predicted octanol–water partition coefficient (Wildman–Crippen LogP) is 16.3. The number of aromatic nitrogens is 1. The Hall–Kier alpha value is -7.68. The Kier molecular flexibility index (Phi) is 8.08. The normalized spacial score (nSPS) is 12.0. The molecule has 61 heavy (non-hydrogen) atoms. The van der Waals surface area contributed by atoms with Gasteiger partial charge in [-0.15, -0.1) is 0 Å². The van der Waals surface area contributed by atoms with Gasteiger partial charge in [-0.2, -0.15) is 0 Å². The second-order valence-electron chi connectivity index (χ2n) is 16.5. The monoisotopic (exact) mass is 778 g/mol. The molecule has 0 fully saturated rings. The molecule has 0 aliphatic heterocycles. The molecule has 0 unspecified atom stereocenters. The summed E-state index contributed by atoms with van der Waals surface area (Å²) >= 11 is 0. The maximum Gasteiger partial charge on any atom is 0.0544 e. The number of H-pyrrole nitrogens is 1. The largest absolute Gasteiger partial charge is 0.354 e. The Bertz CT molecular complexity index is 3420. The van der Waals surface area contributed by atoms with E-state index in [0.717, 1.165) is 23.3 Å². The van der Waals surface area contributed by atoms with Gasteiger partial charge in [0, 0.05) is 39.4 Å². The van der Waals surface area contributed by atoms with Crippen LogP contribution in [0.2, 0.25) is 0 Å². The topological polar surface area (TPSA) is 19.0 Å². The van der Waals surface area contributed by atoms with Crippen molar-refractivity contribution >= 4 is 60.4 Å². The van der Waals surface area contributed by atoms with Crippen LogP contribution in [-0.4, -0.2) is 4.98 Å². The first-order valence-corrected chi connectivity index (χ1v) is 21.3. The third-order valence-corrected chi connectivity index (χ3v) is 13.3. The predicted molar refractivity (Wildman–Crippen MR) is 260 cm³/mol. The maximum absolute atomic E-state index is 3.87. The van der Waals surface area contributed by atoms with Crippen LogP contribution in [-0.2, 0) is 6.42 Å². The quantitative estimate of drug-likeness (QED) is 0.178. The summed E-state index contributed by atoms with van der Waals surface area (Å²) in [4.78, 5) is 6.49. The average Bonchev–Trinajstić information content (AvgIpc) is 3.89.